The minimum atomic E-state index is -1.70. The molecule has 0 spiro atoms. The van der Waals surface area contributed by atoms with Crippen LogP contribution < -0.4 is 11.1 Å². The Labute approximate surface area is 223 Å². The van der Waals surface area contributed by atoms with Crippen LogP contribution >= 0.6 is 0 Å². The standard InChI is InChI=1S/C26H30N2O6.C3H7N/c1-15-14-28(22(25(33)34)26(15,3)4)24(32)21(30)19(13-17-9-6-5-7-10-17)27-23(31)18-11-8-12-20(29)16(18)2;1-2-3-4/h5-12,19,21-22,29-30H,1,13-14H2,2-4H3,(H,27,31)(H,33,34);2H,1,3-4H2/t19-,21-,22?;/m0./s1. The van der Waals surface area contributed by atoms with Gasteiger partial charge in [0.25, 0.3) is 11.8 Å². The molecule has 1 heterocycles. The van der Waals surface area contributed by atoms with Crippen molar-refractivity contribution in [1.29, 1.82) is 0 Å². The molecular formula is C29H37N3O6. The van der Waals surface area contributed by atoms with E-state index >= 15 is 0 Å². The summed E-state index contributed by atoms with van der Waals surface area (Å²) >= 11 is 0. The monoisotopic (exact) mass is 523 g/mol. The Bertz CT molecular complexity index is 1180. The largest absolute Gasteiger partial charge is 0.508 e. The van der Waals surface area contributed by atoms with E-state index < -0.39 is 41.4 Å². The van der Waals surface area contributed by atoms with Crippen LogP contribution in [0.3, 0.4) is 0 Å². The summed E-state index contributed by atoms with van der Waals surface area (Å²) in [6, 6.07) is 11.3. The molecule has 1 saturated heterocycles. The Morgan fingerprint density at radius 1 is 1.18 bits per heavy atom. The number of carbonyl (C=O) groups excluding carboxylic acids is 2. The number of hydrogen-bond acceptors (Lipinski definition) is 6. The summed E-state index contributed by atoms with van der Waals surface area (Å²) in [6.07, 6.45) is 0.0816. The molecule has 2 aromatic rings. The molecule has 3 atom stereocenters. The first-order chi connectivity index (χ1) is 17.9. The fourth-order valence-electron chi connectivity index (χ4n) is 4.30. The zero-order chi connectivity index (χ0) is 28.6. The van der Waals surface area contributed by atoms with Crippen molar-refractivity contribution in [1.82, 2.24) is 10.2 Å². The van der Waals surface area contributed by atoms with Gasteiger partial charge in [-0.2, -0.15) is 0 Å². The van der Waals surface area contributed by atoms with Gasteiger partial charge in [-0.25, -0.2) is 4.79 Å². The van der Waals surface area contributed by atoms with E-state index in [1.165, 1.54) is 18.2 Å². The van der Waals surface area contributed by atoms with Crippen molar-refractivity contribution in [3.63, 3.8) is 0 Å². The maximum Gasteiger partial charge on any atom is 0.327 e. The summed E-state index contributed by atoms with van der Waals surface area (Å²) in [6.45, 7) is 12.8. The molecule has 0 radical (unpaired) electrons. The third-order valence-corrected chi connectivity index (χ3v) is 6.75. The van der Waals surface area contributed by atoms with E-state index in [4.69, 9.17) is 5.73 Å². The molecule has 9 heteroatoms. The van der Waals surface area contributed by atoms with Crippen molar-refractivity contribution in [2.24, 2.45) is 11.1 Å². The molecule has 2 aromatic carbocycles. The number of benzene rings is 2. The number of phenols is 1. The minimum Gasteiger partial charge on any atom is -0.508 e. The van der Waals surface area contributed by atoms with Gasteiger partial charge >= 0.3 is 5.97 Å². The number of aliphatic carboxylic acids is 1. The van der Waals surface area contributed by atoms with E-state index in [1.807, 2.05) is 6.07 Å². The molecule has 9 nitrogen and oxygen atoms in total. The highest BCUT2D eigenvalue weighted by atomic mass is 16.4. The summed E-state index contributed by atoms with van der Waals surface area (Å²) in [5.74, 6) is -2.61. The number of phenolic OH excluding ortho intramolecular Hbond substituents is 1. The number of aromatic hydroxyl groups is 1. The number of nitrogens with zero attached hydrogens (tertiary/aromatic N) is 1. The van der Waals surface area contributed by atoms with Gasteiger partial charge in [0.05, 0.1) is 6.04 Å². The van der Waals surface area contributed by atoms with Crippen LogP contribution in [0.15, 0.2) is 73.3 Å². The average molecular weight is 524 g/mol. The molecule has 6 N–H and O–H groups in total. The second-order valence-corrected chi connectivity index (χ2v) is 9.72. The molecule has 1 unspecified atom stereocenters. The first-order valence-electron chi connectivity index (χ1n) is 12.2. The van der Waals surface area contributed by atoms with Gasteiger partial charge in [0.15, 0.2) is 6.10 Å². The first-order valence-corrected chi connectivity index (χ1v) is 12.2. The molecule has 204 valence electrons. The maximum atomic E-state index is 13.3. The van der Waals surface area contributed by atoms with Crippen LogP contribution in [0.5, 0.6) is 5.75 Å². The molecule has 0 aliphatic carbocycles. The topological polar surface area (TPSA) is 153 Å². The van der Waals surface area contributed by atoms with Crippen LogP contribution in [0.2, 0.25) is 0 Å². The molecule has 0 saturated carbocycles. The van der Waals surface area contributed by atoms with Gasteiger partial charge < -0.3 is 31.3 Å². The number of amides is 2. The van der Waals surface area contributed by atoms with Crippen LogP contribution in [0, 0.1) is 12.3 Å². The van der Waals surface area contributed by atoms with Crippen LogP contribution in [-0.2, 0) is 16.0 Å². The van der Waals surface area contributed by atoms with Gasteiger partial charge in [-0.1, -0.05) is 62.9 Å². The van der Waals surface area contributed by atoms with E-state index in [0.29, 0.717) is 17.7 Å². The number of carboxylic acid groups (broad SMARTS) is 1. The summed E-state index contributed by atoms with van der Waals surface area (Å²) in [7, 11) is 0. The second kappa shape index (κ2) is 13.0. The molecule has 1 aliphatic rings. The van der Waals surface area contributed by atoms with Crippen molar-refractivity contribution in [2.75, 3.05) is 13.1 Å². The number of hydrogen-bond donors (Lipinski definition) is 5. The predicted octanol–water partition coefficient (Wildman–Crippen LogP) is 2.41. The summed E-state index contributed by atoms with van der Waals surface area (Å²) in [5.41, 5.74) is 5.94. The number of nitrogens with one attached hydrogen (secondary N) is 1. The van der Waals surface area contributed by atoms with Crippen molar-refractivity contribution in [3.05, 3.63) is 90.0 Å². The van der Waals surface area contributed by atoms with E-state index in [2.05, 4.69) is 18.5 Å². The lowest BCUT2D eigenvalue weighted by Crippen LogP contribution is -2.56. The van der Waals surface area contributed by atoms with Crippen LogP contribution in [-0.4, -0.2) is 69.3 Å². The molecule has 0 aromatic heterocycles. The van der Waals surface area contributed by atoms with Crippen molar-refractivity contribution < 1.29 is 29.7 Å². The van der Waals surface area contributed by atoms with Crippen molar-refractivity contribution >= 4 is 17.8 Å². The van der Waals surface area contributed by atoms with E-state index in [0.717, 1.165) is 10.5 Å². The number of carboxylic acids is 1. The zero-order valence-corrected chi connectivity index (χ0v) is 22.1. The lowest BCUT2D eigenvalue weighted by atomic mass is 9.81. The fourth-order valence-corrected chi connectivity index (χ4v) is 4.30. The van der Waals surface area contributed by atoms with Gasteiger partial charge in [-0.15, -0.1) is 6.58 Å². The number of rotatable bonds is 8. The SMILES string of the molecule is C=C1CN(C(=O)[C@@H](O)[C@H](Cc2ccccc2)NC(=O)c2cccc(O)c2C)C(C(=O)O)C1(C)C.C=CCN. The highest BCUT2D eigenvalue weighted by molar-refractivity contribution is 5.97. The molecule has 2 amide bonds. The predicted molar refractivity (Wildman–Crippen MR) is 146 cm³/mol. The normalized spacial score (nSPS) is 17.6. The van der Waals surface area contributed by atoms with Crippen molar-refractivity contribution in [2.45, 2.75) is 45.4 Å². The lowest BCUT2D eigenvalue weighted by Gasteiger charge is -2.32. The van der Waals surface area contributed by atoms with E-state index in [9.17, 15) is 29.7 Å². The fraction of sp³-hybridized carbons (Fsp3) is 0.345. The lowest BCUT2D eigenvalue weighted by molar-refractivity contribution is -0.155. The highest BCUT2D eigenvalue weighted by Gasteiger charge is 2.51. The highest BCUT2D eigenvalue weighted by Crippen LogP contribution is 2.40. The Kier molecular flexibility index (Phi) is 10.4. The number of carbonyl (C=O) groups is 3. The number of nitrogens with two attached hydrogens (primary N) is 1. The molecule has 38 heavy (non-hydrogen) atoms. The quantitative estimate of drug-likeness (QED) is 0.333. The summed E-state index contributed by atoms with van der Waals surface area (Å²) in [5, 5.41) is 33.6. The van der Waals surface area contributed by atoms with Gasteiger partial charge in [0.1, 0.15) is 11.8 Å². The van der Waals surface area contributed by atoms with Gasteiger partial charge in [0.2, 0.25) is 0 Å². The average Bonchev–Trinajstić information content (AvgIpc) is 3.13. The third-order valence-electron chi connectivity index (χ3n) is 6.75. The second-order valence-electron chi connectivity index (χ2n) is 9.72. The van der Waals surface area contributed by atoms with Gasteiger partial charge in [-0.3, -0.25) is 9.59 Å². The third kappa shape index (κ3) is 6.87. The van der Waals surface area contributed by atoms with E-state index in [1.54, 1.807) is 51.1 Å². The molecule has 0 bridgehead atoms. The maximum absolute atomic E-state index is 13.3. The van der Waals surface area contributed by atoms with Crippen LogP contribution in [0.25, 0.3) is 0 Å². The minimum absolute atomic E-state index is 0.00245. The molecule has 1 aliphatic heterocycles. The van der Waals surface area contributed by atoms with Crippen LogP contribution in [0.1, 0.15) is 35.3 Å². The van der Waals surface area contributed by atoms with Crippen molar-refractivity contribution in [3.8, 4) is 5.75 Å². The Balaban J connectivity index is 0.00000118. The Morgan fingerprint density at radius 3 is 2.34 bits per heavy atom. The van der Waals surface area contributed by atoms with Gasteiger partial charge in [-0.05, 0) is 36.6 Å². The molecule has 1 fully saturated rings. The zero-order valence-electron chi connectivity index (χ0n) is 22.1. The first kappa shape index (κ1) is 30.3. The smallest absolute Gasteiger partial charge is 0.327 e. The summed E-state index contributed by atoms with van der Waals surface area (Å²) < 4.78 is 0. The van der Waals surface area contributed by atoms with Gasteiger partial charge in [0, 0.05) is 29.6 Å². The number of likely N-dealkylation sites (tertiary alicyclic amines) is 1. The number of aliphatic hydroxyl groups is 1. The van der Waals surface area contributed by atoms with Crippen LogP contribution in [0.4, 0.5) is 0 Å². The molecule has 3 rings (SSSR count). The summed E-state index contributed by atoms with van der Waals surface area (Å²) in [4.78, 5) is 39.5. The molecular weight excluding hydrogens is 486 g/mol. The number of aliphatic hydroxyl groups excluding tert-OH is 1. The Hall–Kier alpha value is -3.95. The van der Waals surface area contributed by atoms with E-state index in [-0.39, 0.29) is 24.3 Å². The Morgan fingerprint density at radius 2 is 1.79 bits per heavy atom.